The van der Waals surface area contributed by atoms with Crippen molar-refractivity contribution < 1.29 is 29.1 Å². The van der Waals surface area contributed by atoms with Gasteiger partial charge in [0.2, 0.25) is 5.16 Å². The summed E-state index contributed by atoms with van der Waals surface area (Å²) in [5.74, 6) is 2.46. The lowest BCUT2D eigenvalue weighted by molar-refractivity contribution is -0.150. The highest BCUT2D eigenvalue weighted by atomic mass is 32.2. The number of hydrogen-bond acceptors (Lipinski definition) is 15. The predicted octanol–water partition coefficient (Wildman–Crippen LogP) is -2.84. The maximum absolute atomic E-state index is 12.9. The van der Waals surface area contributed by atoms with Crippen LogP contribution < -0.4 is 22.6 Å². The zero-order valence-electron chi connectivity index (χ0n) is 17.9. The Morgan fingerprint density at radius 2 is 2.17 bits per heavy atom. The van der Waals surface area contributed by atoms with Crippen LogP contribution in [0.4, 0.5) is 5.13 Å². The van der Waals surface area contributed by atoms with Crippen LogP contribution in [0.25, 0.3) is 0 Å². The average molecular weight is 556 g/mol. The zero-order valence-corrected chi connectivity index (χ0v) is 20.4. The maximum atomic E-state index is 12.9. The van der Waals surface area contributed by atoms with Crippen LogP contribution in [0.15, 0.2) is 27.0 Å². The lowest BCUT2D eigenvalue weighted by Crippen LogP contribution is -2.71. The summed E-state index contributed by atoms with van der Waals surface area (Å²) in [4.78, 5) is 59.6. The molecule has 0 aromatic carbocycles. The van der Waals surface area contributed by atoms with Crippen molar-refractivity contribution in [2.24, 2.45) is 10.9 Å². The maximum Gasteiger partial charge on any atom is 0.352 e. The number of rotatable bonds is 10. The molecule has 4 heterocycles. The second kappa shape index (κ2) is 10.4. The number of oxime groups is 1. The number of nitrogens with zero attached hydrogens (tertiary/aromatic N) is 7. The van der Waals surface area contributed by atoms with Crippen LogP contribution in [0.5, 0.6) is 0 Å². The number of thiazole rings is 1. The number of primary amides is 1. The van der Waals surface area contributed by atoms with E-state index in [9.17, 15) is 24.3 Å². The monoisotopic (exact) mass is 555 g/mol. The van der Waals surface area contributed by atoms with Crippen molar-refractivity contribution in [3.63, 3.8) is 0 Å². The Balaban J connectivity index is 1.49. The molecular weight excluding hydrogens is 538 g/mol. The van der Waals surface area contributed by atoms with Gasteiger partial charge in [-0.15, -0.1) is 27.9 Å². The molecule has 2 aliphatic heterocycles. The molecule has 0 aliphatic carbocycles. The van der Waals surface area contributed by atoms with Crippen molar-refractivity contribution >= 4 is 69.4 Å². The minimum atomic E-state index is -1.29. The summed E-state index contributed by atoms with van der Waals surface area (Å²) in [6, 6.07) is -1.04. The lowest BCUT2D eigenvalue weighted by atomic mass is 10.0. The van der Waals surface area contributed by atoms with Gasteiger partial charge >= 0.3 is 5.97 Å². The van der Waals surface area contributed by atoms with E-state index in [0.29, 0.717) is 5.57 Å². The number of nitrogens with two attached hydrogens (primary N) is 3. The van der Waals surface area contributed by atoms with Gasteiger partial charge in [-0.25, -0.2) is 9.78 Å². The summed E-state index contributed by atoms with van der Waals surface area (Å²) in [5.41, 5.74) is 10.7. The molecule has 20 heteroatoms. The van der Waals surface area contributed by atoms with Crippen LogP contribution in [0, 0.1) is 0 Å². The van der Waals surface area contributed by atoms with Crippen LogP contribution in [0.1, 0.15) is 5.69 Å². The Bertz CT molecular complexity index is 1290. The minimum absolute atomic E-state index is 0.0621. The van der Waals surface area contributed by atoms with Crippen molar-refractivity contribution in [3.05, 3.63) is 22.3 Å². The number of carbonyl (C=O) groups is 4. The fourth-order valence-corrected chi connectivity index (χ4v) is 6.03. The van der Waals surface area contributed by atoms with E-state index in [1.165, 1.54) is 17.1 Å². The number of hydrogen-bond donors (Lipinski definition) is 5. The van der Waals surface area contributed by atoms with Crippen LogP contribution in [0.2, 0.25) is 0 Å². The van der Waals surface area contributed by atoms with Crippen molar-refractivity contribution in [2.45, 2.75) is 16.6 Å². The van der Waals surface area contributed by atoms with Crippen molar-refractivity contribution in [3.8, 4) is 0 Å². The Morgan fingerprint density at radius 1 is 1.39 bits per heavy atom. The molecule has 2 aromatic heterocycles. The molecule has 17 nitrogen and oxygen atoms in total. The Morgan fingerprint density at radius 3 is 2.78 bits per heavy atom. The van der Waals surface area contributed by atoms with E-state index in [1.807, 2.05) is 0 Å². The third kappa shape index (κ3) is 5.04. The third-order valence-electron chi connectivity index (χ3n) is 4.72. The number of β-lactam (4-membered cyclic amide) rings is 1. The highest BCUT2D eigenvalue weighted by Crippen LogP contribution is 2.41. The van der Waals surface area contributed by atoms with Gasteiger partial charge in [-0.05, 0) is 16.0 Å². The van der Waals surface area contributed by atoms with Crippen molar-refractivity contribution in [1.82, 2.24) is 35.5 Å². The topological polar surface area (TPSA) is 260 Å². The quantitative estimate of drug-likeness (QED) is 0.0650. The van der Waals surface area contributed by atoms with E-state index in [2.05, 4.69) is 31.0 Å². The van der Waals surface area contributed by atoms with E-state index in [0.717, 1.165) is 32.8 Å². The molecule has 0 bridgehead atoms. The molecule has 0 spiro atoms. The number of anilines is 1. The molecule has 2 aliphatic rings. The molecule has 8 N–H and O–H groups in total. The van der Waals surface area contributed by atoms with Crippen LogP contribution in [0.3, 0.4) is 0 Å². The predicted molar refractivity (Wildman–Crippen MR) is 127 cm³/mol. The molecule has 190 valence electrons. The van der Waals surface area contributed by atoms with Crippen LogP contribution in [-0.4, -0.2) is 94.2 Å². The van der Waals surface area contributed by atoms with E-state index >= 15 is 0 Å². The lowest BCUT2D eigenvalue weighted by Gasteiger charge is -2.49. The Labute approximate surface area is 213 Å². The van der Waals surface area contributed by atoms with Crippen LogP contribution in [-0.2, 0) is 24.0 Å². The van der Waals surface area contributed by atoms with Gasteiger partial charge in [0, 0.05) is 16.9 Å². The molecule has 2 atom stereocenters. The SMILES string of the molecule is NC(=O)CO/N=C(\C(=O)N[C@@H]1C(=O)N2C(C(=O)O)=C(CSc3nnnn3N)CS[C@H]12)c1csc(N)n1. The summed E-state index contributed by atoms with van der Waals surface area (Å²) >= 11 is 3.43. The van der Waals surface area contributed by atoms with E-state index in [4.69, 9.17) is 22.1 Å². The van der Waals surface area contributed by atoms with Gasteiger partial charge in [0.25, 0.3) is 17.7 Å². The van der Waals surface area contributed by atoms with Gasteiger partial charge in [0.1, 0.15) is 22.8 Å². The molecule has 4 rings (SSSR count). The largest absolute Gasteiger partial charge is 0.477 e. The number of aromatic nitrogens is 5. The standard InChI is InChI=1S/C16H17N11O6S3/c17-7(28)1-33-23-8(6-4-35-15(18)20-6)11(29)21-9-12(30)26-10(14(31)32)5(2-34-13(9)26)3-36-16-22-24-25-27(16)19/h4,9,13H,1-3,19H2,(H2,17,28)(H2,18,20)(H,21,29)(H,31,32)/b23-8-/t9-,13-/m1/s1. The highest BCUT2D eigenvalue weighted by Gasteiger charge is 2.54. The smallest absolute Gasteiger partial charge is 0.352 e. The zero-order chi connectivity index (χ0) is 26.0. The average Bonchev–Trinajstić information content (AvgIpc) is 3.45. The number of aliphatic carboxylic acids is 1. The summed E-state index contributed by atoms with van der Waals surface area (Å²) in [5, 5.41) is 27.8. The third-order valence-corrected chi connectivity index (χ3v) is 7.75. The van der Waals surface area contributed by atoms with Gasteiger partial charge in [-0.2, -0.15) is 0 Å². The van der Waals surface area contributed by atoms with Gasteiger partial charge in [0.15, 0.2) is 17.5 Å². The molecule has 0 radical (unpaired) electrons. The van der Waals surface area contributed by atoms with Gasteiger partial charge < -0.3 is 32.6 Å². The molecule has 3 amide bonds. The number of carbonyl (C=O) groups excluding carboxylic acids is 3. The number of tetrazole rings is 1. The molecule has 36 heavy (non-hydrogen) atoms. The Hall–Kier alpha value is -3.91. The van der Waals surface area contributed by atoms with Crippen LogP contribution >= 0.6 is 34.9 Å². The number of amides is 3. The molecule has 0 saturated carbocycles. The summed E-state index contributed by atoms with van der Waals surface area (Å²) in [7, 11) is 0. The van der Waals surface area contributed by atoms with E-state index in [-0.39, 0.29) is 38.9 Å². The molecule has 1 saturated heterocycles. The van der Waals surface area contributed by atoms with E-state index < -0.39 is 41.7 Å². The molecule has 1 fully saturated rings. The summed E-state index contributed by atoms with van der Waals surface area (Å²) in [6.07, 6.45) is 0. The number of fused-ring (bicyclic) bond motifs is 1. The normalized spacial score (nSPS) is 19.5. The first kappa shape index (κ1) is 25.2. The molecular formula is C16H17N11O6S3. The highest BCUT2D eigenvalue weighted by molar-refractivity contribution is 8.01. The molecule has 0 unspecified atom stereocenters. The number of carboxylic acid groups (broad SMARTS) is 1. The second-order valence-electron chi connectivity index (χ2n) is 7.06. The second-order valence-corrected chi connectivity index (χ2v) is 10.0. The van der Waals surface area contributed by atoms with Gasteiger partial charge in [-0.1, -0.05) is 22.0 Å². The van der Waals surface area contributed by atoms with Crippen molar-refractivity contribution in [2.75, 3.05) is 29.7 Å². The van der Waals surface area contributed by atoms with Gasteiger partial charge in [-0.3, -0.25) is 19.3 Å². The first-order valence-corrected chi connectivity index (χ1v) is 12.7. The summed E-state index contributed by atoms with van der Waals surface area (Å²) in [6.45, 7) is -0.588. The first-order valence-electron chi connectivity index (χ1n) is 9.74. The fourth-order valence-electron chi connectivity index (χ4n) is 3.20. The van der Waals surface area contributed by atoms with Crippen molar-refractivity contribution in [1.29, 1.82) is 0 Å². The molecule has 2 aromatic rings. The number of carboxylic acids is 1. The fraction of sp³-hybridized carbons (Fsp3) is 0.312. The van der Waals surface area contributed by atoms with E-state index in [1.54, 1.807) is 0 Å². The number of nitrogens with one attached hydrogen (secondary N) is 1. The Kier molecular flexibility index (Phi) is 7.26. The number of nitrogen functional groups attached to an aromatic ring is 2. The first-order chi connectivity index (χ1) is 17.2. The van der Waals surface area contributed by atoms with Gasteiger partial charge in [0.05, 0.1) is 0 Å². The minimum Gasteiger partial charge on any atom is -0.477 e. The number of thioether (sulfide) groups is 2. The summed E-state index contributed by atoms with van der Waals surface area (Å²) < 4.78 is 0.